The molecule has 0 aliphatic carbocycles. The van der Waals surface area contributed by atoms with Crippen LogP contribution in [0.4, 0.5) is 5.95 Å². The molecule has 0 saturated carbocycles. The summed E-state index contributed by atoms with van der Waals surface area (Å²) in [5, 5.41) is 0. The Labute approximate surface area is 76.1 Å². The van der Waals surface area contributed by atoms with Crippen LogP contribution in [0.2, 0.25) is 0 Å². The van der Waals surface area contributed by atoms with Crippen molar-refractivity contribution in [3.8, 4) is 0 Å². The Morgan fingerprint density at radius 1 is 1.62 bits per heavy atom. The van der Waals surface area contributed by atoms with Crippen LogP contribution in [-0.4, -0.2) is 35.3 Å². The van der Waals surface area contributed by atoms with Crippen molar-refractivity contribution in [3.05, 3.63) is 22.1 Å². The lowest BCUT2D eigenvalue weighted by atomic mass is 10.4. The second-order valence-electron chi connectivity index (χ2n) is 2.93. The van der Waals surface area contributed by atoms with Crippen molar-refractivity contribution in [1.82, 2.24) is 14.9 Å². The number of aliphatic imine (C=N–C) groups is 1. The van der Waals surface area contributed by atoms with Gasteiger partial charge in [0.05, 0.1) is 6.34 Å². The Hall–Kier alpha value is -1.65. The van der Waals surface area contributed by atoms with Crippen LogP contribution in [0.1, 0.15) is 5.56 Å². The van der Waals surface area contributed by atoms with Gasteiger partial charge < -0.3 is 4.90 Å². The molecule has 1 N–H and O–H groups in total. The highest BCUT2D eigenvalue weighted by Crippen LogP contribution is 1.97. The lowest BCUT2D eigenvalue weighted by Crippen LogP contribution is -2.11. The highest BCUT2D eigenvalue weighted by atomic mass is 16.1. The van der Waals surface area contributed by atoms with Crippen LogP contribution < -0.4 is 5.56 Å². The molecule has 5 heteroatoms. The van der Waals surface area contributed by atoms with Gasteiger partial charge in [-0.3, -0.25) is 9.78 Å². The molecule has 0 fully saturated rings. The largest absolute Gasteiger partial charge is 0.369 e. The van der Waals surface area contributed by atoms with E-state index in [9.17, 15) is 4.79 Å². The molecule has 70 valence electrons. The normalized spacial score (nSPS) is 10.7. The summed E-state index contributed by atoms with van der Waals surface area (Å²) < 4.78 is 0. The highest BCUT2D eigenvalue weighted by Gasteiger charge is 1.94. The van der Waals surface area contributed by atoms with Crippen molar-refractivity contribution in [3.63, 3.8) is 0 Å². The molecule has 0 radical (unpaired) electrons. The molecule has 0 aromatic carbocycles. The van der Waals surface area contributed by atoms with E-state index >= 15 is 0 Å². The van der Waals surface area contributed by atoms with Crippen LogP contribution >= 0.6 is 0 Å². The number of aromatic amines is 1. The maximum Gasteiger partial charge on any atom is 0.255 e. The van der Waals surface area contributed by atoms with E-state index in [2.05, 4.69) is 15.0 Å². The number of hydrogen-bond donors (Lipinski definition) is 1. The Morgan fingerprint density at radius 3 is 2.85 bits per heavy atom. The molecular formula is C8H12N4O. The zero-order valence-corrected chi connectivity index (χ0v) is 7.90. The molecule has 0 amide bonds. The molecule has 0 aliphatic heterocycles. The Bertz CT molecular complexity index is 367. The Balaban J connectivity index is 2.92. The maximum absolute atomic E-state index is 11.1. The van der Waals surface area contributed by atoms with Gasteiger partial charge in [-0.25, -0.2) is 9.98 Å². The third-order valence-corrected chi connectivity index (χ3v) is 1.37. The summed E-state index contributed by atoms with van der Waals surface area (Å²) in [5.74, 6) is 0.323. The number of nitrogens with zero attached hydrogens (tertiary/aromatic N) is 3. The minimum Gasteiger partial charge on any atom is -0.369 e. The molecule has 0 saturated heterocycles. The van der Waals surface area contributed by atoms with Gasteiger partial charge in [-0.05, 0) is 6.92 Å². The quantitative estimate of drug-likeness (QED) is 0.526. The molecule has 1 rings (SSSR count). The van der Waals surface area contributed by atoms with Crippen LogP contribution in [0.15, 0.2) is 16.0 Å². The summed E-state index contributed by atoms with van der Waals surface area (Å²) in [6.45, 7) is 1.70. The molecular weight excluding hydrogens is 168 g/mol. The van der Waals surface area contributed by atoms with E-state index in [1.165, 1.54) is 6.20 Å². The SMILES string of the molecule is Cc1cnc(N=CN(C)C)[nH]c1=O. The first-order valence-corrected chi connectivity index (χ1v) is 3.86. The zero-order valence-electron chi connectivity index (χ0n) is 7.90. The molecule has 1 aromatic heterocycles. The zero-order chi connectivity index (χ0) is 9.84. The fraction of sp³-hybridized carbons (Fsp3) is 0.375. The van der Waals surface area contributed by atoms with E-state index in [1.54, 1.807) is 18.2 Å². The predicted octanol–water partition coefficient (Wildman–Crippen LogP) is 0.300. The van der Waals surface area contributed by atoms with E-state index in [0.29, 0.717) is 11.5 Å². The monoisotopic (exact) mass is 180 g/mol. The van der Waals surface area contributed by atoms with E-state index in [4.69, 9.17) is 0 Å². The summed E-state index contributed by atoms with van der Waals surface area (Å²) >= 11 is 0. The molecule has 1 aromatic rings. The van der Waals surface area contributed by atoms with Gasteiger partial charge in [0.1, 0.15) is 0 Å². The fourth-order valence-corrected chi connectivity index (χ4v) is 0.685. The summed E-state index contributed by atoms with van der Waals surface area (Å²) in [6, 6.07) is 0. The van der Waals surface area contributed by atoms with Crippen molar-refractivity contribution in [2.24, 2.45) is 4.99 Å². The maximum atomic E-state index is 11.1. The fourth-order valence-electron chi connectivity index (χ4n) is 0.685. The van der Waals surface area contributed by atoms with Crippen LogP contribution in [0, 0.1) is 6.92 Å². The molecule has 0 spiro atoms. The second kappa shape index (κ2) is 3.84. The lowest BCUT2D eigenvalue weighted by molar-refractivity contribution is 0.642. The molecule has 0 bridgehead atoms. The summed E-state index contributed by atoms with van der Waals surface area (Å²) in [5.41, 5.74) is 0.435. The second-order valence-corrected chi connectivity index (χ2v) is 2.93. The van der Waals surface area contributed by atoms with Crippen LogP contribution in [0.5, 0.6) is 0 Å². The highest BCUT2D eigenvalue weighted by molar-refractivity contribution is 5.57. The number of hydrogen-bond acceptors (Lipinski definition) is 3. The van der Waals surface area contributed by atoms with Gasteiger partial charge in [0.2, 0.25) is 5.95 Å². The summed E-state index contributed by atoms with van der Waals surface area (Å²) in [7, 11) is 3.69. The van der Waals surface area contributed by atoms with Crippen LogP contribution in [0.25, 0.3) is 0 Å². The van der Waals surface area contributed by atoms with Gasteiger partial charge in [0.25, 0.3) is 5.56 Å². The number of aromatic nitrogens is 2. The Kier molecular flexibility index (Phi) is 2.79. The predicted molar refractivity (Wildman–Crippen MR) is 51.4 cm³/mol. The van der Waals surface area contributed by atoms with E-state index in [0.717, 1.165) is 0 Å². The van der Waals surface area contributed by atoms with Gasteiger partial charge in [0, 0.05) is 25.9 Å². The van der Waals surface area contributed by atoms with E-state index in [1.807, 2.05) is 14.1 Å². The van der Waals surface area contributed by atoms with Crippen molar-refractivity contribution in [1.29, 1.82) is 0 Å². The summed E-state index contributed by atoms with van der Waals surface area (Å²) in [4.78, 5) is 23.3. The first kappa shape index (κ1) is 9.44. The first-order valence-electron chi connectivity index (χ1n) is 3.86. The van der Waals surface area contributed by atoms with E-state index in [-0.39, 0.29) is 5.56 Å². The average Bonchev–Trinajstić information content (AvgIpc) is 2.07. The van der Waals surface area contributed by atoms with Crippen molar-refractivity contribution in [2.75, 3.05) is 14.1 Å². The third kappa shape index (κ3) is 2.70. The van der Waals surface area contributed by atoms with Crippen molar-refractivity contribution in [2.45, 2.75) is 6.92 Å². The Morgan fingerprint density at radius 2 is 2.31 bits per heavy atom. The standard InChI is InChI=1S/C8H12N4O/c1-6-4-9-8(11-7(6)13)10-5-12(2)3/h4-5H,1-3H3,(H,9,11,13). The van der Waals surface area contributed by atoms with Gasteiger partial charge in [0.15, 0.2) is 0 Å². The molecule has 0 unspecified atom stereocenters. The smallest absolute Gasteiger partial charge is 0.255 e. The number of H-pyrrole nitrogens is 1. The van der Waals surface area contributed by atoms with E-state index < -0.39 is 0 Å². The molecule has 5 nitrogen and oxygen atoms in total. The van der Waals surface area contributed by atoms with Gasteiger partial charge >= 0.3 is 0 Å². The minimum atomic E-state index is -0.152. The molecule has 0 aliphatic rings. The topological polar surface area (TPSA) is 61.4 Å². The minimum absolute atomic E-state index is 0.152. The number of nitrogens with one attached hydrogen (secondary N) is 1. The van der Waals surface area contributed by atoms with Crippen molar-refractivity contribution < 1.29 is 0 Å². The molecule has 13 heavy (non-hydrogen) atoms. The molecule has 0 atom stereocenters. The van der Waals surface area contributed by atoms with Gasteiger partial charge in [-0.2, -0.15) is 0 Å². The van der Waals surface area contributed by atoms with Crippen LogP contribution in [-0.2, 0) is 0 Å². The van der Waals surface area contributed by atoms with Crippen molar-refractivity contribution >= 4 is 12.3 Å². The summed E-state index contributed by atoms with van der Waals surface area (Å²) in [6.07, 6.45) is 3.08. The average molecular weight is 180 g/mol. The lowest BCUT2D eigenvalue weighted by Gasteiger charge is -2.01. The van der Waals surface area contributed by atoms with Gasteiger partial charge in [-0.15, -0.1) is 0 Å². The third-order valence-electron chi connectivity index (χ3n) is 1.37. The van der Waals surface area contributed by atoms with Crippen LogP contribution in [0.3, 0.4) is 0 Å². The molecule has 1 heterocycles. The first-order chi connectivity index (χ1) is 6.09. The van der Waals surface area contributed by atoms with Gasteiger partial charge in [-0.1, -0.05) is 0 Å². The number of aryl methyl sites for hydroxylation is 1. The number of rotatable bonds is 2.